The third-order valence-corrected chi connectivity index (χ3v) is 2.97. The minimum atomic E-state index is 0.311. The maximum absolute atomic E-state index is 5.58. The van der Waals surface area contributed by atoms with Gasteiger partial charge in [0.15, 0.2) is 0 Å². The number of nitrogens with two attached hydrogens (primary N) is 1. The van der Waals surface area contributed by atoms with E-state index >= 15 is 0 Å². The lowest BCUT2D eigenvalue weighted by molar-refractivity contribution is 0.350. The highest BCUT2D eigenvalue weighted by Crippen LogP contribution is 2.13. The number of hydrazine groups is 1. The van der Waals surface area contributed by atoms with Gasteiger partial charge in [0.1, 0.15) is 5.82 Å². The van der Waals surface area contributed by atoms with Crippen molar-refractivity contribution in [3.8, 4) is 0 Å². The van der Waals surface area contributed by atoms with Gasteiger partial charge in [-0.05, 0) is 12.3 Å². The van der Waals surface area contributed by atoms with E-state index in [0.717, 1.165) is 12.2 Å². The van der Waals surface area contributed by atoms with Gasteiger partial charge >= 0.3 is 0 Å². The summed E-state index contributed by atoms with van der Waals surface area (Å²) in [6, 6.07) is 0.311. The third-order valence-electron chi connectivity index (χ3n) is 2.97. The molecule has 15 heavy (non-hydrogen) atoms. The third kappa shape index (κ3) is 3.32. The van der Waals surface area contributed by atoms with E-state index in [4.69, 9.17) is 5.84 Å². The van der Waals surface area contributed by atoms with E-state index in [9.17, 15) is 0 Å². The zero-order valence-corrected chi connectivity index (χ0v) is 9.90. The second-order valence-corrected chi connectivity index (χ2v) is 4.20. The fourth-order valence-corrected chi connectivity index (χ4v) is 1.87. The maximum atomic E-state index is 5.58. The number of aromatic nitrogens is 2. The number of imidazole rings is 1. The number of nitrogens with zero attached hydrogens (tertiary/aromatic N) is 2. The molecule has 0 aliphatic heterocycles. The molecule has 1 aromatic rings. The molecule has 4 heteroatoms. The molecule has 4 nitrogen and oxygen atoms in total. The molecule has 0 aliphatic carbocycles. The van der Waals surface area contributed by atoms with Gasteiger partial charge in [0, 0.05) is 31.9 Å². The van der Waals surface area contributed by atoms with Gasteiger partial charge in [-0.25, -0.2) is 4.98 Å². The van der Waals surface area contributed by atoms with E-state index in [2.05, 4.69) is 24.3 Å². The highest BCUT2D eigenvalue weighted by atomic mass is 15.2. The Labute approximate surface area is 91.8 Å². The Morgan fingerprint density at radius 2 is 2.33 bits per heavy atom. The first-order valence-corrected chi connectivity index (χ1v) is 5.61. The van der Waals surface area contributed by atoms with Gasteiger partial charge in [-0.2, -0.15) is 0 Å². The molecule has 0 radical (unpaired) electrons. The fraction of sp³-hybridized carbons (Fsp3) is 0.727. The second-order valence-electron chi connectivity index (χ2n) is 4.20. The first kappa shape index (κ1) is 12.2. The first-order chi connectivity index (χ1) is 7.19. The molecule has 2 unspecified atom stereocenters. The van der Waals surface area contributed by atoms with Crippen LogP contribution in [0.15, 0.2) is 12.4 Å². The van der Waals surface area contributed by atoms with Crippen LogP contribution in [0.5, 0.6) is 0 Å². The molecule has 0 saturated heterocycles. The van der Waals surface area contributed by atoms with Crippen LogP contribution >= 0.6 is 0 Å². The van der Waals surface area contributed by atoms with Crippen molar-refractivity contribution in [2.75, 3.05) is 0 Å². The summed E-state index contributed by atoms with van der Waals surface area (Å²) in [7, 11) is 2.01. The van der Waals surface area contributed by atoms with Crippen LogP contribution in [-0.2, 0) is 13.5 Å². The largest absolute Gasteiger partial charge is 0.338 e. The molecule has 2 atom stereocenters. The van der Waals surface area contributed by atoms with Gasteiger partial charge in [0.05, 0.1) is 0 Å². The number of aryl methyl sites for hydroxylation is 1. The van der Waals surface area contributed by atoms with Crippen LogP contribution in [0.2, 0.25) is 0 Å². The van der Waals surface area contributed by atoms with Crippen molar-refractivity contribution >= 4 is 0 Å². The van der Waals surface area contributed by atoms with Gasteiger partial charge in [-0.3, -0.25) is 11.3 Å². The fourth-order valence-electron chi connectivity index (χ4n) is 1.87. The Morgan fingerprint density at radius 3 is 2.80 bits per heavy atom. The van der Waals surface area contributed by atoms with Crippen LogP contribution in [-0.4, -0.2) is 15.6 Å². The molecule has 1 heterocycles. The smallest absolute Gasteiger partial charge is 0.109 e. The van der Waals surface area contributed by atoms with Gasteiger partial charge in [-0.15, -0.1) is 0 Å². The molecule has 0 amide bonds. The molecule has 0 fully saturated rings. The van der Waals surface area contributed by atoms with Crippen molar-refractivity contribution in [3.63, 3.8) is 0 Å². The Kier molecular flexibility index (Phi) is 4.78. The topological polar surface area (TPSA) is 55.9 Å². The summed E-state index contributed by atoms with van der Waals surface area (Å²) in [5, 5.41) is 0. The summed E-state index contributed by atoms with van der Waals surface area (Å²) in [6.07, 6.45) is 7.07. The van der Waals surface area contributed by atoms with E-state index in [-0.39, 0.29) is 0 Å². The van der Waals surface area contributed by atoms with Crippen LogP contribution in [0.1, 0.15) is 32.5 Å². The molecule has 1 rings (SSSR count). The van der Waals surface area contributed by atoms with Crippen molar-refractivity contribution in [2.45, 2.75) is 39.2 Å². The predicted molar refractivity (Wildman–Crippen MR) is 62.1 cm³/mol. The lowest BCUT2D eigenvalue weighted by Crippen LogP contribution is -2.42. The molecule has 0 spiro atoms. The summed E-state index contributed by atoms with van der Waals surface area (Å²) in [5.74, 6) is 7.25. The van der Waals surface area contributed by atoms with Crippen LogP contribution in [0.25, 0.3) is 0 Å². The molecule has 0 aromatic carbocycles. The summed E-state index contributed by atoms with van der Waals surface area (Å²) in [6.45, 7) is 4.43. The van der Waals surface area contributed by atoms with Gasteiger partial charge in [-0.1, -0.05) is 20.3 Å². The number of nitrogens with one attached hydrogen (secondary N) is 1. The molecular weight excluding hydrogens is 188 g/mol. The van der Waals surface area contributed by atoms with E-state index in [1.807, 2.05) is 24.0 Å². The lowest BCUT2D eigenvalue weighted by atomic mass is 9.95. The summed E-state index contributed by atoms with van der Waals surface area (Å²) < 4.78 is 2.04. The number of rotatable bonds is 6. The van der Waals surface area contributed by atoms with Crippen molar-refractivity contribution in [3.05, 3.63) is 18.2 Å². The maximum Gasteiger partial charge on any atom is 0.109 e. The van der Waals surface area contributed by atoms with Crippen molar-refractivity contribution < 1.29 is 0 Å². The van der Waals surface area contributed by atoms with Crippen molar-refractivity contribution in [1.29, 1.82) is 0 Å². The Hall–Kier alpha value is -0.870. The van der Waals surface area contributed by atoms with Crippen LogP contribution in [0.3, 0.4) is 0 Å². The molecule has 86 valence electrons. The quantitative estimate of drug-likeness (QED) is 0.548. The van der Waals surface area contributed by atoms with Crippen molar-refractivity contribution in [2.24, 2.45) is 18.8 Å². The molecule has 0 bridgehead atoms. The molecule has 1 aromatic heterocycles. The van der Waals surface area contributed by atoms with Crippen LogP contribution < -0.4 is 11.3 Å². The molecule has 3 N–H and O–H groups in total. The predicted octanol–water partition coefficient (Wildman–Crippen LogP) is 1.23. The molecule has 0 aliphatic rings. The van der Waals surface area contributed by atoms with Gasteiger partial charge in [0.2, 0.25) is 0 Å². The number of hydrogen-bond acceptors (Lipinski definition) is 3. The highest BCUT2D eigenvalue weighted by Gasteiger charge is 2.17. The standard InChI is InChI=1S/C11H22N4/c1-4-5-9(2)10(14-12)8-11-13-6-7-15(11)3/h6-7,9-10,14H,4-5,8,12H2,1-3H3. The minimum absolute atomic E-state index is 0.311. The highest BCUT2D eigenvalue weighted by molar-refractivity contribution is 4.95. The first-order valence-electron chi connectivity index (χ1n) is 5.61. The summed E-state index contributed by atoms with van der Waals surface area (Å²) in [5.41, 5.74) is 2.90. The second kappa shape index (κ2) is 5.88. The van der Waals surface area contributed by atoms with E-state index in [1.165, 1.54) is 12.8 Å². The van der Waals surface area contributed by atoms with E-state index in [0.29, 0.717) is 12.0 Å². The van der Waals surface area contributed by atoms with Gasteiger partial charge in [0.25, 0.3) is 0 Å². The zero-order chi connectivity index (χ0) is 11.3. The average Bonchev–Trinajstić information content (AvgIpc) is 2.61. The monoisotopic (exact) mass is 210 g/mol. The van der Waals surface area contributed by atoms with Gasteiger partial charge < -0.3 is 4.57 Å². The zero-order valence-electron chi connectivity index (χ0n) is 9.90. The molecule has 0 saturated carbocycles. The normalized spacial score (nSPS) is 15.2. The SMILES string of the molecule is CCCC(C)C(Cc1nccn1C)NN. The summed E-state index contributed by atoms with van der Waals surface area (Å²) in [4.78, 5) is 4.31. The lowest BCUT2D eigenvalue weighted by Gasteiger charge is -2.22. The Bertz CT molecular complexity index is 282. The van der Waals surface area contributed by atoms with Crippen LogP contribution in [0.4, 0.5) is 0 Å². The Balaban J connectivity index is 2.57. The van der Waals surface area contributed by atoms with E-state index < -0.39 is 0 Å². The van der Waals surface area contributed by atoms with E-state index in [1.54, 1.807) is 0 Å². The Morgan fingerprint density at radius 1 is 1.60 bits per heavy atom. The van der Waals surface area contributed by atoms with Crippen LogP contribution in [0, 0.1) is 5.92 Å². The average molecular weight is 210 g/mol. The summed E-state index contributed by atoms with van der Waals surface area (Å²) >= 11 is 0. The minimum Gasteiger partial charge on any atom is -0.338 e. The van der Waals surface area contributed by atoms with Crippen molar-refractivity contribution in [1.82, 2.24) is 15.0 Å². The molecular formula is C11H22N4. The number of hydrogen-bond donors (Lipinski definition) is 2.